The van der Waals surface area contributed by atoms with Crippen molar-refractivity contribution in [1.82, 2.24) is 20.3 Å². The molecular weight excluding hydrogens is 394 g/mol. The Bertz CT molecular complexity index is 1100. The predicted molar refractivity (Wildman–Crippen MR) is 118 cm³/mol. The summed E-state index contributed by atoms with van der Waals surface area (Å²) in [6, 6.07) is 11.2. The van der Waals surface area contributed by atoms with Crippen molar-refractivity contribution in [2.24, 2.45) is 0 Å². The Morgan fingerprint density at radius 1 is 1.27 bits per heavy atom. The van der Waals surface area contributed by atoms with Crippen molar-refractivity contribution in [3.8, 4) is 6.07 Å². The van der Waals surface area contributed by atoms with Gasteiger partial charge in [0.25, 0.3) is 0 Å². The van der Waals surface area contributed by atoms with Gasteiger partial charge in [0.2, 0.25) is 5.95 Å². The third-order valence-electron chi connectivity index (χ3n) is 5.73. The summed E-state index contributed by atoms with van der Waals surface area (Å²) in [7, 11) is 0. The Morgan fingerprint density at radius 2 is 2.13 bits per heavy atom. The second kappa shape index (κ2) is 8.01. The van der Waals surface area contributed by atoms with Crippen molar-refractivity contribution in [1.29, 1.82) is 5.26 Å². The number of thiazole rings is 1. The molecule has 1 aromatic carbocycles. The van der Waals surface area contributed by atoms with Crippen LogP contribution < -0.4 is 15.5 Å². The molecule has 30 heavy (non-hydrogen) atoms. The fourth-order valence-corrected chi connectivity index (χ4v) is 4.80. The third-order valence-corrected chi connectivity index (χ3v) is 6.55. The largest absolute Gasteiger partial charge is 0.334 e. The van der Waals surface area contributed by atoms with Crippen molar-refractivity contribution >= 4 is 28.2 Å². The number of rotatable bonds is 4. The number of hydrogen-bond donors (Lipinski definition) is 2. The van der Waals surface area contributed by atoms with Crippen LogP contribution in [-0.4, -0.2) is 28.0 Å². The van der Waals surface area contributed by atoms with Crippen LogP contribution in [0.15, 0.2) is 30.5 Å². The lowest BCUT2D eigenvalue weighted by atomic mass is 10.0. The van der Waals surface area contributed by atoms with Crippen LogP contribution in [0.3, 0.4) is 0 Å². The minimum Gasteiger partial charge on any atom is -0.334 e. The molecule has 3 aromatic rings. The highest BCUT2D eigenvalue weighted by Crippen LogP contribution is 2.36. The van der Waals surface area contributed by atoms with Gasteiger partial charge in [-0.3, -0.25) is 0 Å². The lowest BCUT2D eigenvalue weighted by molar-refractivity contribution is 0.622. The summed E-state index contributed by atoms with van der Waals surface area (Å²) >= 11 is 1.34. The molecule has 2 aliphatic rings. The van der Waals surface area contributed by atoms with E-state index in [0.29, 0.717) is 16.1 Å². The van der Waals surface area contributed by atoms with Crippen LogP contribution in [0.4, 0.5) is 16.9 Å². The van der Waals surface area contributed by atoms with Crippen LogP contribution in [0.5, 0.6) is 0 Å². The average molecular weight is 418 g/mol. The van der Waals surface area contributed by atoms with Crippen LogP contribution >= 0.6 is 11.3 Å². The Morgan fingerprint density at radius 3 is 2.93 bits per heavy atom. The van der Waals surface area contributed by atoms with Crippen molar-refractivity contribution < 1.29 is 0 Å². The Balaban J connectivity index is 1.51. The third kappa shape index (κ3) is 3.62. The summed E-state index contributed by atoms with van der Waals surface area (Å²) in [5.41, 5.74) is 4.76. The van der Waals surface area contributed by atoms with Crippen LogP contribution in [0.2, 0.25) is 0 Å². The number of hydrogen-bond acceptors (Lipinski definition) is 8. The normalized spacial score (nSPS) is 18.1. The molecule has 0 saturated carbocycles. The zero-order valence-corrected chi connectivity index (χ0v) is 17.7. The minimum absolute atomic E-state index is 0.295. The first-order valence-corrected chi connectivity index (χ1v) is 11.1. The van der Waals surface area contributed by atoms with Gasteiger partial charge in [-0.2, -0.15) is 10.2 Å². The molecule has 2 aromatic heterocycles. The van der Waals surface area contributed by atoms with E-state index in [2.05, 4.69) is 57.8 Å². The van der Waals surface area contributed by atoms with Crippen LogP contribution in [-0.2, 0) is 13.0 Å². The lowest BCUT2D eigenvalue weighted by Crippen LogP contribution is -2.30. The first-order valence-electron chi connectivity index (χ1n) is 10.3. The zero-order chi connectivity index (χ0) is 20.5. The average Bonchev–Trinajstić information content (AvgIpc) is 3.44. The number of anilines is 3. The summed E-state index contributed by atoms with van der Waals surface area (Å²) in [6.07, 6.45) is 4.70. The maximum Gasteiger partial charge on any atom is 0.228 e. The van der Waals surface area contributed by atoms with E-state index in [0.717, 1.165) is 61.9 Å². The fraction of sp³-hybridized carbons (Fsp3) is 0.364. The van der Waals surface area contributed by atoms with Crippen molar-refractivity contribution in [3.05, 3.63) is 57.7 Å². The van der Waals surface area contributed by atoms with E-state index in [9.17, 15) is 0 Å². The van der Waals surface area contributed by atoms with Crippen molar-refractivity contribution in [2.75, 3.05) is 23.3 Å². The van der Waals surface area contributed by atoms with E-state index in [1.54, 1.807) is 6.20 Å². The first-order chi connectivity index (χ1) is 14.7. The van der Waals surface area contributed by atoms with E-state index >= 15 is 0 Å². The van der Waals surface area contributed by atoms with Gasteiger partial charge in [0.05, 0.1) is 17.9 Å². The molecule has 0 spiro atoms. The molecule has 0 unspecified atom stereocenters. The highest BCUT2D eigenvalue weighted by Gasteiger charge is 2.30. The number of nitrogens with zero attached hydrogens (tertiary/aromatic N) is 5. The minimum atomic E-state index is 0.295. The molecule has 1 saturated heterocycles. The van der Waals surface area contributed by atoms with Gasteiger partial charge in [-0.25, -0.2) is 9.97 Å². The van der Waals surface area contributed by atoms with Crippen LogP contribution in [0, 0.1) is 18.3 Å². The number of aromatic nitrogens is 3. The molecule has 0 aliphatic carbocycles. The molecule has 152 valence electrons. The fourth-order valence-electron chi connectivity index (χ4n) is 4.19. The molecule has 8 heteroatoms. The van der Waals surface area contributed by atoms with E-state index in [4.69, 9.17) is 15.2 Å². The van der Waals surface area contributed by atoms with Gasteiger partial charge < -0.3 is 15.5 Å². The molecule has 4 heterocycles. The molecule has 2 aliphatic heterocycles. The molecule has 0 radical (unpaired) electrons. The van der Waals surface area contributed by atoms with Gasteiger partial charge in [-0.05, 0) is 25.3 Å². The molecule has 7 nitrogen and oxygen atoms in total. The highest BCUT2D eigenvalue weighted by atomic mass is 32.1. The summed E-state index contributed by atoms with van der Waals surface area (Å²) in [5, 5.41) is 16.5. The standard InChI is InChI=1S/C22H23N7S/c1-14-4-6-15(7-5-14)19-3-2-10-29(19)21-26-18-8-9-24-13-17(18)20(27-21)28-22-25-12-16(11-23)30-22/h4-7,12,19,24H,2-3,8-10,13H2,1H3,(H,25,26,27,28)/t19-/m0/s1. The summed E-state index contributed by atoms with van der Waals surface area (Å²) in [5.74, 6) is 1.56. The zero-order valence-electron chi connectivity index (χ0n) is 16.9. The lowest BCUT2D eigenvalue weighted by Gasteiger charge is -2.28. The predicted octanol–water partition coefficient (Wildman–Crippen LogP) is 3.84. The van der Waals surface area contributed by atoms with E-state index < -0.39 is 0 Å². The highest BCUT2D eigenvalue weighted by molar-refractivity contribution is 7.16. The smallest absolute Gasteiger partial charge is 0.228 e. The molecule has 5 rings (SSSR count). The SMILES string of the molecule is Cc1ccc([C@@H]2CCCN2c2nc3c(c(Nc4ncc(C#N)s4)n2)CNCC3)cc1. The number of benzene rings is 1. The molecular formula is C22H23N7S. The number of nitriles is 1. The summed E-state index contributed by atoms with van der Waals surface area (Å²) in [4.78, 5) is 17.2. The van der Waals surface area contributed by atoms with Gasteiger partial charge >= 0.3 is 0 Å². The van der Waals surface area contributed by atoms with Crippen molar-refractivity contribution in [2.45, 2.75) is 38.8 Å². The molecule has 1 fully saturated rings. The Hall–Kier alpha value is -3.02. The first kappa shape index (κ1) is 19.0. The van der Waals surface area contributed by atoms with Gasteiger partial charge in [0, 0.05) is 31.6 Å². The van der Waals surface area contributed by atoms with Gasteiger partial charge in [0.1, 0.15) is 16.8 Å². The number of nitrogens with one attached hydrogen (secondary N) is 2. The molecule has 0 bridgehead atoms. The molecule has 2 N–H and O–H groups in total. The second-order valence-corrected chi connectivity index (χ2v) is 8.78. The summed E-state index contributed by atoms with van der Waals surface area (Å²) < 4.78 is 0. The topological polar surface area (TPSA) is 89.8 Å². The number of aryl methyl sites for hydroxylation is 1. The maximum absolute atomic E-state index is 9.10. The molecule has 0 amide bonds. The monoisotopic (exact) mass is 417 g/mol. The van der Waals surface area contributed by atoms with Crippen LogP contribution in [0.25, 0.3) is 0 Å². The van der Waals surface area contributed by atoms with E-state index in [1.165, 1.54) is 22.5 Å². The van der Waals surface area contributed by atoms with Gasteiger partial charge in [0.15, 0.2) is 5.13 Å². The van der Waals surface area contributed by atoms with E-state index in [1.807, 2.05) is 0 Å². The van der Waals surface area contributed by atoms with Gasteiger partial charge in [-0.1, -0.05) is 41.2 Å². The van der Waals surface area contributed by atoms with Crippen LogP contribution in [0.1, 0.15) is 46.1 Å². The quantitative estimate of drug-likeness (QED) is 0.666. The van der Waals surface area contributed by atoms with E-state index in [-0.39, 0.29) is 0 Å². The van der Waals surface area contributed by atoms with Crippen molar-refractivity contribution in [3.63, 3.8) is 0 Å². The Labute approximate surface area is 179 Å². The van der Waals surface area contributed by atoms with Gasteiger partial charge in [-0.15, -0.1) is 0 Å². The summed E-state index contributed by atoms with van der Waals surface area (Å²) in [6.45, 7) is 4.71. The maximum atomic E-state index is 9.10. The molecule has 1 atom stereocenters. The number of fused-ring (bicyclic) bond motifs is 1. The second-order valence-electron chi connectivity index (χ2n) is 7.75. The Kier molecular flexibility index (Phi) is 5.07.